The first-order chi connectivity index (χ1) is 8.72. The summed E-state index contributed by atoms with van der Waals surface area (Å²) in [5.74, 6) is 0. The van der Waals surface area contributed by atoms with Crippen LogP contribution in [0.3, 0.4) is 0 Å². The zero-order chi connectivity index (χ0) is 13.4. The van der Waals surface area contributed by atoms with E-state index in [1.165, 1.54) is 11.3 Å². The lowest BCUT2D eigenvalue weighted by Crippen LogP contribution is -2.27. The number of nitrogens with zero attached hydrogens (tertiary/aromatic N) is 1. The lowest BCUT2D eigenvalue weighted by Gasteiger charge is -2.24. The Labute approximate surface area is 111 Å². The fourth-order valence-corrected chi connectivity index (χ4v) is 2.06. The summed E-state index contributed by atoms with van der Waals surface area (Å²) in [5, 5.41) is 0. The summed E-state index contributed by atoms with van der Waals surface area (Å²) in [5.41, 5.74) is 9.40. The molecule has 0 fully saturated rings. The first-order valence-corrected chi connectivity index (χ1v) is 6.93. The third-order valence-corrected chi connectivity index (χ3v) is 3.10. The highest BCUT2D eigenvalue weighted by atomic mass is 16.5. The van der Waals surface area contributed by atoms with Gasteiger partial charge in [0.2, 0.25) is 0 Å². The van der Waals surface area contributed by atoms with Crippen LogP contribution in [0.25, 0.3) is 0 Å². The average Bonchev–Trinajstić information content (AvgIpc) is 2.38. The van der Waals surface area contributed by atoms with Gasteiger partial charge in [-0.05, 0) is 44.0 Å². The van der Waals surface area contributed by atoms with Crippen molar-refractivity contribution in [2.75, 3.05) is 36.9 Å². The quantitative estimate of drug-likeness (QED) is 0.569. The van der Waals surface area contributed by atoms with Crippen LogP contribution in [0.15, 0.2) is 18.2 Å². The van der Waals surface area contributed by atoms with Gasteiger partial charge in [-0.1, -0.05) is 13.3 Å². The summed E-state index contributed by atoms with van der Waals surface area (Å²) in [6, 6.07) is 6.34. The van der Waals surface area contributed by atoms with Crippen molar-refractivity contribution in [1.82, 2.24) is 0 Å². The van der Waals surface area contributed by atoms with Crippen molar-refractivity contribution in [1.29, 1.82) is 0 Å². The fraction of sp³-hybridized carbons (Fsp3) is 0.600. The van der Waals surface area contributed by atoms with Gasteiger partial charge in [-0.25, -0.2) is 0 Å². The van der Waals surface area contributed by atoms with Crippen LogP contribution < -0.4 is 10.6 Å². The monoisotopic (exact) mass is 250 g/mol. The van der Waals surface area contributed by atoms with E-state index in [1.54, 1.807) is 0 Å². The van der Waals surface area contributed by atoms with Crippen LogP contribution in [-0.4, -0.2) is 26.3 Å². The zero-order valence-electron chi connectivity index (χ0n) is 11.9. The molecule has 18 heavy (non-hydrogen) atoms. The second-order valence-corrected chi connectivity index (χ2v) is 4.41. The summed E-state index contributed by atoms with van der Waals surface area (Å²) in [7, 11) is 0. The predicted molar refractivity (Wildman–Crippen MR) is 79.2 cm³/mol. The second kappa shape index (κ2) is 7.98. The van der Waals surface area contributed by atoms with Crippen molar-refractivity contribution < 1.29 is 4.74 Å². The lowest BCUT2D eigenvalue weighted by atomic mass is 10.1. The van der Waals surface area contributed by atoms with Crippen LogP contribution in [0.4, 0.5) is 11.4 Å². The Balaban J connectivity index is 2.75. The number of benzene rings is 1. The van der Waals surface area contributed by atoms with Crippen molar-refractivity contribution in [3.63, 3.8) is 0 Å². The van der Waals surface area contributed by atoms with Gasteiger partial charge in [-0.15, -0.1) is 0 Å². The maximum atomic E-state index is 6.00. The molecule has 0 aromatic heterocycles. The van der Waals surface area contributed by atoms with E-state index < -0.39 is 0 Å². The number of likely N-dealkylation sites (N-methyl/N-ethyl adjacent to an activating group) is 1. The van der Waals surface area contributed by atoms with Crippen LogP contribution in [0.1, 0.15) is 32.8 Å². The normalized spacial score (nSPS) is 10.6. The highest BCUT2D eigenvalue weighted by Crippen LogP contribution is 2.22. The van der Waals surface area contributed by atoms with Gasteiger partial charge in [-0.2, -0.15) is 0 Å². The smallest absolute Gasteiger partial charge is 0.0641 e. The highest BCUT2D eigenvalue weighted by molar-refractivity contribution is 5.58. The zero-order valence-corrected chi connectivity index (χ0v) is 11.9. The number of nitrogen functional groups attached to an aromatic ring is 1. The Kier molecular flexibility index (Phi) is 6.58. The first-order valence-electron chi connectivity index (χ1n) is 6.93. The number of hydrogen-bond acceptors (Lipinski definition) is 3. The van der Waals surface area contributed by atoms with Crippen molar-refractivity contribution in [2.24, 2.45) is 0 Å². The largest absolute Gasteiger partial charge is 0.399 e. The molecule has 0 aliphatic heterocycles. The van der Waals surface area contributed by atoms with E-state index in [0.717, 1.165) is 44.8 Å². The molecule has 0 saturated carbocycles. The molecule has 1 rings (SSSR count). The number of anilines is 2. The Morgan fingerprint density at radius 1 is 1.22 bits per heavy atom. The lowest BCUT2D eigenvalue weighted by molar-refractivity contribution is 0.154. The minimum Gasteiger partial charge on any atom is -0.399 e. The van der Waals surface area contributed by atoms with E-state index in [2.05, 4.69) is 30.9 Å². The summed E-state index contributed by atoms with van der Waals surface area (Å²) in [6.07, 6.45) is 2.17. The minimum absolute atomic E-state index is 0.776. The number of hydrogen-bond donors (Lipinski definition) is 1. The molecule has 3 heteroatoms. The van der Waals surface area contributed by atoms with Gasteiger partial charge in [0.25, 0.3) is 0 Å². The number of nitrogens with two attached hydrogens (primary N) is 1. The maximum Gasteiger partial charge on any atom is 0.0641 e. The van der Waals surface area contributed by atoms with Crippen molar-refractivity contribution in [2.45, 2.75) is 33.6 Å². The Morgan fingerprint density at radius 3 is 2.61 bits per heavy atom. The van der Waals surface area contributed by atoms with Gasteiger partial charge < -0.3 is 15.4 Å². The molecule has 0 amide bonds. The molecule has 0 atom stereocenters. The molecule has 1 aromatic carbocycles. The van der Waals surface area contributed by atoms with Gasteiger partial charge in [-0.3, -0.25) is 0 Å². The summed E-state index contributed by atoms with van der Waals surface area (Å²) in [6.45, 7) is 9.85. The Hall–Kier alpha value is -1.22. The standard InChI is InChI=1S/C15H26N2O/c1-4-7-13-12-14(8-9-15(13)16)17(5-2)10-11-18-6-3/h8-9,12H,4-7,10-11,16H2,1-3H3. The molecule has 0 radical (unpaired) electrons. The summed E-state index contributed by atoms with van der Waals surface area (Å²) < 4.78 is 5.42. The van der Waals surface area contributed by atoms with Gasteiger partial charge in [0.15, 0.2) is 0 Å². The van der Waals surface area contributed by atoms with Crippen LogP contribution in [0.2, 0.25) is 0 Å². The van der Waals surface area contributed by atoms with Crippen LogP contribution in [0.5, 0.6) is 0 Å². The van der Waals surface area contributed by atoms with E-state index >= 15 is 0 Å². The van der Waals surface area contributed by atoms with Crippen LogP contribution in [-0.2, 0) is 11.2 Å². The summed E-state index contributed by atoms with van der Waals surface area (Å²) in [4.78, 5) is 2.33. The molecule has 0 aliphatic carbocycles. The number of aryl methyl sites for hydroxylation is 1. The minimum atomic E-state index is 0.776. The van der Waals surface area contributed by atoms with Crippen molar-refractivity contribution in [3.8, 4) is 0 Å². The van der Waals surface area contributed by atoms with E-state index in [9.17, 15) is 0 Å². The third kappa shape index (κ3) is 4.22. The van der Waals surface area contributed by atoms with Gasteiger partial charge in [0, 0.05) is 31.1 Å². The number of rotatable bonds is 8. The maximum absolute atomic E-state index is 6.00. The van der Waals surface area contributed by atoms with E-state index in [1.807, 2.05) is 13.0 Å². The van der Waals surface area contributed by atoms with Crippen molar-refractivity contribution >= 4 is 11.4 Å². The van der Waals surface area contributed by atoms with Crippen LogP contribution in [0, 0.1) is 0 Å². The molecule has 2 N–H and O–H groups in total. The molecule has 0 heterocycles. The molecule has 0 saturated heterocycles. The van der Waals surface area contributed by atoms with Gasteiger partial charge >= 0.3 is 0 Å². The fourth-order valence-electron chi connectivity index (χ4n) is 2.06. The molecular formula is C15H26N2O. The molecule has 0 unspecified atom stereocenters. The molecule has 0 spiro atoms. The molecule has 3 nitrogen and oxygen atoms in total. The second-order valence-electron chi connectivity index (χ2n) is 4.41. The van der Waals surface area contributed by atoms with E-state index in [4.69, 9.17) is 10.5 Å². The molecule has 0 bridgehead atoms. The third-order valence-electron chi connectivity index (χ3n) is 3.10. The van der Waals surface area contributed by atoms with Gasteiger partial charge in [0.05, 0.1) is 6.61 Å². The van der Waals surface area contributed by atoms with Crippen LogP contribution >= 0.6 is 0 Å². The molecular weight excluding hydrogens is 224 g/mol. The van der Waals surface area contributed by atoms with E-state index in [0.29, 0.717) is 0 Å². The SMILES string of the molecule is CCCc1cc(N(CC)CCOCC)ccc1N. The Bertz CT molecular complexity index is 352. The molecule has 1 aromatic rings. The van der Waals surface area contributed by atoms with Crippen molar-refractivity contribution in [3.05, 3.63) is 23.8 Å². The Morgan fingerprint density at radius 2 is 2.00 bits per heavy atom. The number of ether oxygens (including phenoxy) is 1. The van der Waals surface area contributed by atoms with E-state index in [-0.39, 0.29) is 0 Å². The predicted octanol–water partition coefficient (Wildman–Crippen LogP) is 3.08. The first kappa shape index (κ1) is 14.8. The summed E-state index contributed by atoms with van der Waals surface area (Å²) >= 11 is 0. The molecule has 102 valence electrons. The molecule has 0 aliphatic rings. The average molecular weight is 250 g/mol. The highest BCUT2D eigenvalue weighted by Gasteiger charge is 2.06. The van der Waals surface area contributed by atoms with Gasteiger partial charge in [0.1, 0.15) is 0 Å². The topological polar surface area (TPSA) is 38.5 Å².